The van der Waals surface area contributed by atoms with Gasteiger partial charge in [0.15, 0.2) is 11.5 Å². The van der Waals surface area contributed by atoms with Crippen molar-refractivity contribution in [3.63, 3.8) is 0 Å². The maximum atomic E-state index is 12.2. The summed E-state index contributed by atoms with van der Waals surface area (Å²) in [5.41, 5.74) is 5.54. The van der Waals surface area contributed by atoms with Crippen LogP contribution in [0.2, 0.25) is 0 Å². The minimum Gasteiger partial charge on any atom is -0.454 e. The third-order valence-electron chi connectivity index (χ3n) is 4.48. The van der Waals surface area contributed by atoms with Crippen molar-refractivity contribution in [1.29, 1.82) is 0 Å². The van der Waals surface area contributed by atoms with Crippen molar-refractivity contribution < 1.29 is 14.3 Å². The number of benzene rings is 2. The van der Waals surface area contributed by atoms with E-state index in [-0.39, 0.29) is 18.6 Å². The van der Waals surface area contributed by atoms with E-state index in [2.05, 4.69) is 22.7 Å². The highest BCUT2D eigenvalue weighted by atomic mass is 16.7. The zero-order valence-electron chi connectivity index (χ0n) is 13.4. The fraction of sp³-hybridized carbons (Fsp3) is 0.263. The van der Waals surface area contributed by atoms with Gasteiger partial charge in [-0.1, -0.05) is 30.3 Å². The fourth-order valence-electron chi connectivity index (χ4n) is 2.96. The van der Waals surface area contributed by atoms with Gasteiger partial charge >= 0.3 is 0 Å². The quantitative estimate of drug-likeness (QED) is 0.695. The molecule has 1 heterocycles. The Balaban J connectivity index is 1.39. The first kappa shape index (κ1) is 14.8. The Morgan fingerprint density at radius 1 is 1.12 bits per heavy atom. The summed E-state index contributed by atoms with van der Waals surface area (Å²) in [5, 5.41) is 4.23. The Hall–Kier alpha value is -2.82. The van der Waals surface area contributed by atoms with E-state index in [0.717, 1.165) is 23.4 Å². The normalized spacial score (nSPS) is 21.5. The molecule has 0 bridgehead atoms. The van der Waals surface area contributed by atoms with Gasteiger partial charge in [0.05, 0.1) is 5.71 Å². The summed E-state index contributed by atoms with van der Waals surface area (Å²) in [6, 6.07) is 15.8. The second-order valence-electron chi connectivity index (χ2n) is 6.10. The molecule has 0 radical (unpaired) electrons. The number of amides is 1. The Morgan fingerprint density at radius 3 is 2.75 bits per heavy atom. The molecule has 1 fully saturated rings. The molecule has 0 unspecified atom stereocenters. The van der Waals surface area contributed by atoms with Crippen molar-refractivity contribution in [3.8, 4) is 11.5 Å². The molecule has 1 amide bonds. The zero-order chi connectivity index (χ0) is 16.5. The van der Waals surface area contributed by atoms with Gasteiger partial charge in [-0.15, -0.1) is 0 Å². The summed E-state index contributed by atoms with van der Waals surface area (Å²) in [4.78, 5) is 12.2. The van der Waals surface area contributed by atoms with E-state index in [9.17, 15) is 4.79 Å². The van der Waals surface area contributed by atoms with Crippen molar-refractivity contribution in [1.82, 2.24) is 5.43 Å². The van der Waals surface area contributed by atoms with Crippen molar-refractivity contribution in [2.75, 3.05) is 6.79 Å². The topological polar surface area (TPSA) is 59.9 Å². The lowest BCUT2D eigenvalue weighted by Gasteiger charge is -2.04. The lowest BCUT2D eigenvalue weighted by molar-refractivity contribution is -0.122. The van der Waals surface area contributed by atoms with Gasteiger partial charge in [0.1, 0.15) is 0 Å². The SMILES string of the molecule is C/C(=N/NC(=O)[C@@H]1C[C@H]1c1ccccc1)c1ccc2c(c1)OCO2. The Bertz CT molecular complexity index is 802. The molecule has 122 valence electrons. The summed E-state index contributed by atoms with van der Waals surface area (Å²) in [7, 11) is 0. The van der Waals surface area contributed by atoms with Crippen molar-refractivity contribution in [2.45, 2.75) is 19.3 Å². The minimum absolute atomic E-state index is 0.0145. The van der Waals surface area contributed by atoms with Crippen LogP contribution in [0.3, 0.4) is 0 Å². The highest BCUT2D eigenvalue weighted by Crippen LogP contribution is 2.47. The number of rotatable bonds is 4. The lowest BCUT2D eigenvalue weighted by Crippen LogP contribution is -2.21. The first-order chi connectivity index (χ1) is 11.7. The molecule has 5 heteroatoms. The van der Waals surface area contributed by atoms with Crippen LogP contribution in [0.25, 0.3) is 0 Å². The van der Waals surface area contributed by atoms with Crippen LogP contribution in [0.1, 0.15) is 30.4 Å². The number of carbonyl (C=O) groups is 1. The predicted molar refractivity (Wildman–Crippen MR) is 90.2 cm³/mol. The summed E-state index contributed by atoms with van der Waals surface area (Å²) >= 11 is 0. The molecule has 2 atom stereocenters. The molecule has 1 N–H and O–H groups in total. The first-order valence-electron chi connectivity index (χ1n) is 8.01. The first-order valence-corrected chi connectivity index (χ1v) is 8.01. The maximum Gasteiger partial charge on any atom is 0.243 e. The van der Waals surface area contributed by atoms with Crippen molar-refractivity contribution in [3.05, 3.63) is 59.7 Å². The number of nitrogens with one attached hydrogen (secondary N) is 1. The molecule has 2 aliphatic rings. The number of ether oxygens (including phenoxy) is 2. The molecule has 5 nitrogen and oxygen atoms in total. The highest BCUT2D eigenvalue weighted by Gasteiger charge is 2.43. The number of hydrogen-bond acceptors (Lipinski definition) is 4. The van der Waals surface area contributed by atoms with E-state index in [0.29, 0.717) is 11.7 Å². The number of fused-ring (bicyclic) bond motifs is 1. The predicted octanol–water partition coefficient (Wildman–Crippen LogP) is 3.06. The number of hydrogen-bond donors (Lipinski definition) is 1. The molecule has 0 aromatic heterocycles. The summed E-state index contributed by atoms with van der Waals surface area (Å²) < 4.78 is 10.7. The van der Waals surface area contributed by atoms with Gasteiger partial charge in [0.25, 0.3) is 0 Å². The van der Waals surface area contributed by atoms with Crippen LogP contribution < -0.4 is 14.9 Å². The van der Waals surface area contributed by atoms with Crippen LogP contribution in [-0.4, -0.2) is 18.4 Å². The van der Waals surface area contributed by atoms with E-state index in [1.165, 1.54) is 5.56 Å². The lowest BCUT2D eigenvalue weighted by atomic mass is 10.1. The van der Waals surface area contributed by atoms with Crippen molar-refractivity contribution in [2.24, 2.45) is 11.0 Å². The van der Waals surface area contributed by atoms with E-state index in [4.69, 9.17) is 9.47 Å². The molecule has 0 spiro atoms. The van der Waals surface area contributed by atoms with Gasteiger partial charge in [0.2, 0.25) is 12.7 Å². The Labute approximate surface area is 140 Å². The van der Waals surface area contributed by atoms with Gasteiger partial charge in [-0.25, -0.2) is 5.43 Å². The molecular formula is C19H18N2O3. The Morgan fingerprint density at radius 2 is 1.92 bits per heavy atom. The van der Waals surface area contributed by atoms with Crippen LogP contribution in [0.5, 0.6) is 11.5 Å². The monoisotopic (exact) mass is 322 g/mol. The average Bonchev–Trinajstić information content (AvgIpc) is 3.29. The molecule has 2 aromatic rings. The van der Waals surface area contributed by atoms with Crippen LogP contribution in [0, 0.1) is 5.92 Å². The van der Waals surface area contributed by atoms with Gasteiger partial charge < -0.3 is 9.47 Å². The van der Waals surface area contributed by atoms with Crippen LogP contribution in [0.4, 0.5) is 0 Å². The van der Waals surface area contributed by atoms with Gasteiger partial charge in [-0.2, -0.15) is 5.10 Å². The summed E-state index contributed by atoms with van der Waals surface area (Å²) in [6.07, 6.45) is 0.883. The van der Waals surface area contributed by atoms with Crippen LogP contribution in [-0.2, 0) is 4.79 Å². The average molecular weight is 322 g/mol. The number of carbonyl (C=O) groups excluding carboxylic acids is 1. The second kappa shape index (κ2) is 6.00. The molecule has 24 heavy (non-hydrogen) atoms. The van der Waals surface area contributed by atoms with Crippen molar-refractivity contribution >= 4 is 11.6 Å². The molecular weight excluding hydrogens is 304 g/mol. The third-order valence-corrected chi connectivity index (χ3v) is 4.48. The summed E-state index contributed by atoms with van der Waals surface area (Å²) in [5.74, 6) is 1.75. The largest absolute Gasteiger partial charge is 0.454 e. The number of nitrogens with zero attached hydrogens (tertiary/aromatic N) is 1. The minimum atomic E-state index is -0.0241. The Kier molecular flexibility index (Phi) is 3.69. The number of hydrazone groups is 1. The molecule has 0 saturated heterocycles. The van der Waals surface area contributed by atoms with E-state index < -0.39 is 0 Å². The summed E-state index contributed by atoms with van der Waals surface area (Å²) in [6.45, 7) is 2.10. The fourth-order valence-corrected chi connectivity index (χ4v) is 2.96. The zero-order valence-corrected chi connectivity index (χ0v) is 13.4. The molecule has 4 rings (SSSR count). The molecule has 1 aliphatic heterocycles. The van der Waals surface area contributed by atoms with Crippen LogP contribution >= 0.6 is 0 Å². The van der Waals surface area contributed by atoms with Crippen LogP contribution in [0.15, 0.2) is 53.6 Å². The highest BCUT2D eigenvalue weighted by molar-refractivity contribution is 6.00. The smallest absolute Gasteiger partial charge is 0.243 e. The molecule has 2 aromatic carbocycles. The van der Waals surface area contributed by atoms with Gasteiger partial charge in [-0.3, -0.25) is 4.79 Å². The molecule has 1 saturated carbocycles. The van der Waals surface area contributed by atoms with Gasteiger partial charge in [-0.05, 0) is 43.0 Å². The maximum absolute atomic E-state index is 12.2. The second-order valence-corrected chi connectivity index (χ2v) is 6.10. The van der Waals surface area contributed by atoms with E-state index in [1.54, 1.807) is 0 Å². The van der Waals surface area contributed by atoms with E-state index in [1.807, 2.05) is 43.3 Å². The van der Waals surface area contributed by atoms with E-state index >= 15 is 0 Å². The third kappa shape index (κ3) is 2.85. The standard InChI is InChI=1S/C19H18N2O3/c1-12(14-7-8-17-18(9-14)24-11-23-17)20-21-19(22)16-10-15(16)13-5-3-2-4-6-13/h2-9,15-16H,10-11H2,1H3,(H,21,22)/b20-12-/t15-,16+/m0/s1. The van der Waals surface area contributed by atoms with Gasteiger partial charge in [0, 0.05) is 11.5 Å². The molecule has 1 aliphatic carbocycles.